The Morgan fingerprint density at radius 2 is 2.15 bits per heavy atom. The summed E-state index contributed by atoms with van der Waals surface area (Å²) >= 11 is 0. The second-order valence-corrected chi connectivity index (χ2v) is 3.60. The molecule has 0 bridgehead atoms. The number of amides is 1. The van der Waals surface area contributed by atoms with Crippen LogP contribution in [0.2, 0.25) is 0 Å². The van der Waals surface area contributed by atoms with Crippen LogP contribution in [0.4, 0.5) is 5.82 Å². The quantitative estimate of drug-likeness (QED) is 0.621. The molecule has 1 aliphatic heterocycles. The van der Waals surface area contributed by atoms with Gasteiger partial charge in [-0.05, 0) is 26.0 Å². The van der Waals surface area contributed by atoms with Crippen LogP contribution in [0.15, 0.2) is 18.3 Å². The summed E-state index contributed by atoms with van der Waals surface area (Å²) in [4.78, 5) is 15.6. The summed E-state index contributed by atoms with van der Waals surface area (Å²) in [5.41, 5.74) is 0.181. The third-order valence-corrected chi connectivity index (χ3v) is 1.91. The molecule has 1 aromatic rings. The van der Waals surface area contributed by atoms with Gasteiger partial charge in [0.2, 0.25) is 0 Å². The molecule has 0 unspecified atom stereocenters. The molecule has 1 aliphatic rings. The van der Waals surface area contributed by atoms with Crippen LogP contribution in [-0.2, 0) is 0 Å². The normalized spacial score (nSPS) is 18.5. The molecule has 0 aromatic carbocycles. The maximum Gasteiger partial charge on any atom is 0.256 e. The molecule has 0 atom stereocenters. The summed E-state index contributed by atoms with van der Waals surface area (Å²) in [5.74, 6) is 0.572. The minimum atomic E-state index is -0.418. The Hall–Kier alpha value is -1.58. The number of fused-ring (bicyclic) bond motifs is 1. The Morgan fingerprint density at radius 3 is 2.92 bits per heavy atom. The molecule has 13 heavy (non-hydrogen) atoms. The van der Waals surface area contributed by atoms with Gasteiger partial charge in [0.1, 0.15) is 11.5 Å². The molecule has 1 aromatic heterocycles. The average Bonchev–Trinajstić information content (AvgIpc) is 2.02. The fraction of sp³-hybridized carbons (Fsp3) is 0.333. The summed E-state index contributed by atoms with van der Waals surface area (Å²) in [6.45, 7) is 3.78. The Bertz CT molecular complexity index is 360. The molecule has 0 saturated carbocycles. The lowest BCUT2D eigenvalue weighted by molar-refractivity contribution is 0.0913. The van der Waals surface area contributed by atoms with Crippen LogP contribution in [0.5, 0.6) is 0 Å². The van der Waals surface area contributed by atoms with Gasteiger partial charge < -0.3 is 10.6 Å². The van der Waals surface area contributed by atoms with Crippen LogP contribution < -0.4 is 10.6 Å². The van der Waals surface area contributed by atoms with Crippen molar-refractivity contribution in [1.82, 2.24) is 10.3 Å². The van der Waals surface area contributed by atoms with Gasteiger partial charge in [-0.15, -0.1) is 0 Å². The Labute approximate surface area is 76.4 Å². The fourth-order valence-electron chi connectivity index (χ4n) is 1.37. The third kappa shape index (κ3) is 1.35. The molecule has 68 valence electrons. The maximum atomic E-state index is 11.5. The molecule has 4 nitrogen and oxygen atoms in total. The Morgan fingerprint density at radius 1 is 1.38 bits per heavy atom. The zero-order valence-electron chi connectivity index (χ0n) is 7.59. The van der Waals surface area contributed by atoms with E-state index in [1.54, 1.807) is 18.3 Å². The van der Waals surface area contributed by atoms with Crippen LogP contribution in [0, 0.1) is 0 Å². The van der Waals surface area contributed by atoms with Gasteiger partial charge in [0, 0.05) is 6.20 Å². The molecular formula is C9H11N3O. The van der Waals surface area contributed by atoms with E-state index in [1.165, 1.54) is 0 Å². The zero-order chi connectivity index (χ0) is 9.47. The number of nitrogens with one attached hydrogen (secondary N) is 2. The van der Waals surface area contributed by atoms with E-state index in [-0.39, 0.29) is 5.91 Å². The number of carbonyl (C=O) groups excluding carboxylic acids is 1. The molecule has 2 N–H and O–H groups in total. The first-order valence-corrected chi connectivity index (χ1v) is 4.14. The van der Waals surface area contributed by atoms with Gasteiger partial charge >= 0.3 is 0 Å². The van der Waals surface area contributed by atoms with Gasteiger partial charge in [0.05, 0.1) is 5.56 Å². The van der Waals surface area contributed by atoms with E-state index in [2.05, 4.69) is 15.6 Å². The first kappa shape index (κ1) is 8.04. The van der Waals surface area contributed by atoms with E-state index in [4.69, 9.17) is 0 Å². The Balaban J connectivity index is 2.49. The van der Waals surface area contributed by atoms with Crippen LogP contribution >= 0.6 is 0 Å². The number of pyridine rings is 1. The summed E-state index contributed by atoms with van der Waals surface area (Å²) in [6.07, 6.45) is 1.67. The average molecular weight is 177 g/mol. The van der Waals surface area contributed by atoms with E-state index in [1.807, 2.05) is 13.8 Å². The molecule has 2 rings (SSSR count). The van der Waals surface area contributed by atoms with Crippen molar-refractivity contribution in [3.8, 4) is 0 Å². The molecule has 0 aliphatic carbocycles. The second-order valence-electron chi connectivity index (χ2n) is 3.60. The number of nitrogens with zero attached hydrogens (tertiary/aromatic N) is 1. The third-order valence-electron chi connectivity index (χ3n) is 1.91. The lowest BCUT2D eigenvalue weighted by Crippen LogP contribution is -2.53. The van der Waals surface area contributed by atoms with Crippen LogP contribution in [0.25, 0.3) is 0 Å². The van der Waals surface area contributed by atoms with E-state index < -0.39 is 5.66 Å². The van der Waals surface area contributed by atoms with Gasteiger partial charge in [-0.3, -0.25) is 4.79 Å². The van der Waals surface area contributed by atoms with Crippen LogP contribution in [0.1, 0.15) is 24.2 Å². The molecule has 0 fully saturated rings. The van der Waals surface area contributed by atoms with Gasteiger partial charge in [0.15, 0.2) is 0 Å². The lowest BCUT2D eigenvalue weighted by Gasteiger charge is -2.33. The van der Waals surface area contributed by atoms with Gasteiger partial charge in [-0.2, -0.15) is 0 Å². The van der Waals surface area contributed by atoms with Gasteiger partial charge in [-0.25, -0.2) is 4.98 Å². The van der Waals surface area contributed by atoms with E-state index in [0.717, 1.165) is 0 Å². The summed E-state index contributed by atoms with van der Waals surface area (Å²) in [6, 6.07) is 3.50. The summed E-state index contributed by atoms with van der Waals surface area (Å²) < 4.78 is 0. The van der Waals surface area contributed by atoms with Crippen molar-refractivity contribution >= 4 is 11.7 Å². The van der Waals surface area contributed by atoms with Crippen molar-refractivity contribution in [2.24, 2.45) is 0 Å². The van der Waals surface area contributed by atoms with Gasteiger partial charge in [0.25, 0.3) is 5.91 Å². The van der Waals surface area contributed by atoms with Crippen molar-refractivity contribution in [3.05, 3.63) is 23.9 Å². The van der Waals surface area contributed by atoms with Crippen molar-refractivity contribution in [3.63, 3.8) is 0 Å². The van der Waals surface area contributed by atoms with Crippen molar-refractivity contribution in [1.29, 1.82) is 0 Å². The number of hydrogen-bond donors (Lipinski definition) is 2. The predicted molar refractivity (Wildman–Crippen MR) is 49.4 cm³/mol. The van der Waals surface area contributed by atoms with Crippen molar-refractivity contribution in [2.45, 2.75) is 19.5 Å². The minimum Gasteiger partial charge on any atom is -0.347 e. The molecule has 4 heteroatoms. The molecular weight excluding hydrogens is 166 g/mol. The second kappa shape index (κ2) is 2.45. The number of anilines is 1. The largest absolute Gasteiger partial charge is 0.347 e. The number of hydrogen-bond acceptors (Lipinski definition) is 3. The first-order chi connectivity index (χ1) is 6.08. The maximum absolute atomic E-state index is 11.5. The molecule has 0 saturated heterocycles. The molecule has 1 amide bonds. The highest BCUT2D eigenvalue weighted by Crippen LogP contribution is 2.20. The van der Waals surface area contributed by atoms with Crippen LogP contribution in [0.3, 0.4) is 0 Å². The molecule has 2 heterocycles. The van der Waals surface area contributed by atoms with Crippen molar-refractivity contribution < 1.29 is 4.79 Å². The SMILES string of the molecule is CC1(C)NC(=O)c2cccnc2N1. The minimum absolute atomic E-state index is 0.0770. The zero-order valence-corrected chi connectivity index (χ0v) is 7.59. The fourth-order valence-corrected chi connectivity index (χ4v) is 1.37. The highest BCUT2D eigenvalue weighted by Gasteiger charge is 2.29. The van der Waals surface area contributed by atoms with Crippen LogP contribution in [-0.4, -0.2) is 16.6 Å². The number of rotatable bonds is 0. The molecule has 0 radical (unpaired) electrons. The lowest BCUT2D eigenvalue weighted by atomic mass is 10.1. The van der Waals surface area contributed by atoms with E-state index in [0.29, 0.717) is 11.4 Å². The van der Waals surface area contributed by atoms with Gasteiger partial charge in [-0.1, -0.05) is 0 Å². The molecule has 0 spiro atoms. The standard InChI is InChI=1S/C9H11N3O/c1-9(2)11-7-6(8(13)12-9)4-3-5-10-7/h3-5H,1-2H3,(H,10,11)(H,12,13). The summed E-state index contributed by atoms with van der Waals surface area (Å²) in [7, 11) is 0. The summed E-state index contributed by atoms with van der Waals surface area (Å²) in [5, 5.41) is 5.95. The highest BCUT2D eigenvalue weighted by atomic mass is 16.2. The highest BCUT2D eigenvalue weighted by molar-refractivity contribution is 6.01. The van der Waals surface area contributed by atoms with Crippen molar-refractivity contribution in [2.75, 3.05) is 5.32 Å². The number of carbonyl (C=O) groups is 1. The van der Waals surface area contributed by atoms with E-state index >= 15 is 0 Å². The smallest absolute Gasteiger partial charge is 0.256 e. The van der Waals surface area contributed by atoms with E-state index in [9.17, 15) is 4.79 Å². The predicted octanol–water partition coefficient (Wildman–Crippen LogP) is 0.973. The number of aromatic nitrogens is 1. The monoisotopic (exact) mass is 177 g/mol. The Kier molecular flexibility index (Phi) is 1.52. The topological polar surface area (TPSA) is 54.0 Å². The first-order valence-electron chi connectivity index (χ1n) is 4.14.